The van der Waals surface area contributed by atoms with E-state index in [0.29, 0.717) is 6.54 Å². The van der Waals surface area contributed by atoms with Crippen molar-refractivity contribution in [1.29, 1.82) is 0 Å². The van der Waals surface area contributed by atoms with Gasteiger partial charge in [-0.1, -0.05) is 24.3 Å². The molecule has 0 fully saturated rings. The maximum atomic E-state index is 5.80. The molecule has 2 N–H and O–H groups in total. The molecule has 0 atom stereocenters. The number of nitrogens with two attached hydrogens (primary N) is 1. The number of hydrogen-bond donors (Lipinski definition) is 1. The van der Waals surface area contributed by atoms with Crippen molar-refractivity contribution in [1.82, 2.24) is 4.98 Å². The Balaban J connectivity index is 2.24. The van der Waals surface area contributed by atoms with Crippen LogP contribution in [0.3, 0.4) is 0 Å². The van der Waals surface area contributed by atoms with Crippen molar-refractivity contribution in [3.8, 4) is 0 Å². The summed E-state index contributed by atoms with van der Waals surface area (Å²) in [6.45, 7) is 6.59. The molecule has 0 aliphatic rings. The fourth-order valence-corrected chi connectivity index (χ4v) is 2.16. The van der Waals surface area contributed by atoms with Crippen molar-refractivity contribution in [3.63, 3.8) is 0 Å². The normalized spacial score (nSPS) is 10.5. The summed E-state index contributed by atoms with van der Waals surface area (Å²) >= 11 is 0. The van der Waals surface area contributed by atoms with Crippen LogP contribution in [0.5, 0.6) is 0 Å². The van der Waals surface area contributed by atoms with E-state index in [1.807, 2.05) is 18.3 Å². The molecule has 0 aliphatic heterocycles. The van der Waals surface area contributed by atoms with E-state index < -0.39 is 0 Å². The number of hydrogen-bond acceptors (Lipinski definition) is 3. The Bertz CT molecular complexity index is 537. The van der Waals surface area contributed by atoms with Crippen LogP contribution in [0, 0.1) is 6.92 Å². The van der Waals surface area contributed by atoms with Gasteiger partial charge in [0.25, 0.3) is 0 Å². The summed E-state index contributed by atoms with van der Waals surface area (Å²) in [6.07, 6.45) is 1.86. The lowest BCUT2D eigenvalue weighted by atomic mass is 10.1. The number of aromatic nitrogens is 1. The Hall–Kier alpha value is -1.87. The molecular formula is C16H21N3. The van der Waals surface area contributed by atoms with Gasteiger partial charge in [0.05, 0.1) is 0 Å². The van der Waals surface area contributed by atoms with E-state index in [-0.39, 0.29) is 0 Å². The Morgan fingerprint density at radius 1 is 1.16 bits per heavy atom. The maximum absolute atomic E-state index is 5.80. The Kier molecular flexibility index (Phi) is 4.53. The van der Waals surface area contributed by atoms with Gasteiger partial charge in [-0.3, -0.25) is 0 Å². The van der Waals surface area contributed by atoms with Gasteiger partial charge in [-0.25, -0.2) is 4.98 Å². The summed E-state index contributed by atoms with van der Waals surface area (Å²) in [5.74, 6) is 1.02. The number of anilines is 1. The molecule has 0 saturated carbocycles. The molecule has 1 aromatic heterocycles. The zero-order chi connectivity index (χ0) is 13.7. The molecule has 2 rings (SSSR count). The summed E-state index contributed by atoms with van der Waals surface area (Å²) in [7, 11) is 0. The first kappa shape index (κ1) is 13.6. The monoisotopic (exact) mass is 255 g/mol. The van der Waals surface area contributed by atoms with Crippen LogP contribution < -0.4 is 10.6 Å². The Morgan fingerprint density at radius 2 is 1.89 bits per heavy atom. The number of benzene rings is 1. The molecule has 1 heterocycles. The zero-order valence-corrected chi connectivity index (χ0v) is 11.6. The predicted molar refractivity (Wildman–Crippen MR) is 80.0 cm³/mol. The summed E-state index contributed by atoms with van der Waals surface area (Å²) in [5, 5.41) is 0. The number of nitrogens with zero attached hydrogens (tertiary/aromatic N) is 2. The first-order valence-electron chi connectivity index (χ1n) is 6.69. The average Bonchev–Trinajstić information content (AvgIpc) is 2.45. The van der Waals surface area contributed by atoms with Gasteiger partial charge in [-0.05, 0) is 42.7 Å². The highest BCUT2D eigenvalue weighted by molar-refractivity contribution is 5.42. The highest BCUT2D eigenvalue weighted by Crippen LogP contribution is 2.17. The van der Waals surface area contributed by atoms with Gasteiger partial charge < -0.3 is 10.6 Å². The third-order valence-electron chi connectivity index (χ3n) is 3.31. The van der Waals surface area contributed by atoms with Crippen LogP contribution in [0.2, 0.25) is 0 Å². The van der Waals surface area contributed by atoms with Crippen molar-refractivity contribution in [2.24, 2.45) is 5.73 Å². The molecule has 100 valence electrons. The molecule has 3 heteroatoms. The van der Waals surface area contributed by atoms with E-state index in [0.717, 1.165) is 18.9 Å². The zero-order valence-electron chi connectivity index (χ0n) is 11.6. The largest absolute Gasteiger partial charge is 0.353 e. The molecule has 0 amide bonds. The molecular weight excluding hydrogens is 234 g/mol. The Labute approximate surface area is 115 Å². The van der Waals surface area contributed by atoms with Crippen molar-refractivity contribution in [2.75, 3.05) is 11.4 Å². The van der Waals surface area contributed by atoms with E-state index in [2.05, 4.69) is 48.0 Å². The van der Waals surface area contributed by atoms with E-state index in [1.54, 1.807) is 0 Å². The SMILES string of the molecule is CCN(Cc1ccccc1CN)c1cc(C)ccn1. The second-order valence-electron chi connectivity index (χ2n) is 4.68. The lowest BCUT2D eigenvalue weighted by Gasteiger charge is -2.23. The quantitative estimate of drug-likeness (QED) is 0.893. The lowest BCUT2D eigenvalue weighted by Crippen LogP contribution is -2.24. The molecule has 0 spiro atoms. The maximum Gasteiger partial charge on any atom is 0.129 e. The topological polar surface area (TPSA) is 42.1 Å². The summed E-state index contributed by atoms with van der Waals surface area (Å²) in [5.41, 5.74) is 9.50. The van der Waals surface area contributed by atoms with Crippen molar-refractivity contribution < 1.29 is 0 Å². The van der Waals surface area contributed by atoms with Gasteiger partial charge in [0, 0.05) is 25.8 Å². The van der Waals surface area contributed by atoms with Gasteiger partial charge in [0.15, 0.2) is 0 Å². The van der Waals surface area contributed by atoms with Gasteiger partial charge in [0.2, 0.25) is 0 Å². The summed E-state index contributed by atoms with van der Waals surface area (Å²) < 4.78 is 0. The van der Waals surface area contributed by atoms with Gasteiger partial charge in [-0.15, -0.1) is 0 Å². The van der Waals surface area contributed by atoms with Crippen LogP contribution in [-0.2, 0) is 13.1 Å². The predicted octanol–water partition coefficient (Wildman–Crippen LogP) is 2.88. The number of rotatable bonds is 5. The van der Waals surface area contributed by atoms with Gasteiger partial charge >= 0.3 is 0 Å². The smallest absolute Gasteiger partial charge is 0.129 e. The molecule has 0 radical (unpaired) electrons. The van der Waals surface area contributed by atoms with Crippen LogP contribution in [0.4, 0.5) is 5.82 Å². The third kappa shape index (κ3) is 3.32. The van der Waals surface area contributed by atoms with Crippen molar-refractivity contribution in [2.45, 2.75) is 26.9 Å². The first-order chi connectivity index (χ1) is 9.24. The molecule has 1 aromatic carbocycles. The molecule has 0 saturated heterocycles. The molecule has 19 heavy (non-hydrogen) atoms. The fraction of sp³-hybridized carbons (Fsp3) is 0.312. The minimum absolute atomic E-state index is 0.578. The molecule has 0 unspecified atom stereocenters. The van der Waals surface area contributed by atoms with E-state index in [1.165, 1.54) is 16.7 Å². The molecule has 0 aliphatic carbocycles. The second kappa shape index (κ2) is 6.34. The highest BCUT2D eigenvalue weighted by atomic mass is 15.2. The Morgan fingerprint density at radius 3 is 2.53 bits per heavy atom. The van der Waals surface area contributed by atoms with Crippen molar-refractivity contribution in [3.05, 3.63) is 59.3 Å². The van der Waals surface area contributed by atoms with Crippen LogP contribution >= 0.6 is 0 Å². The standard InChI is InChI=1S/C16H21N3/c1-3-19(16-10-13(2)8-9-18-16)12-15-7-5-4-6-14(15)11-17/h4-10H,3,11-12,17H2,1-2H3. The first-order valence-corrected chi connectivity index (χ1v) is 6.69. The van der Waals surface area contributed by atoms with E-state index >= 15 is 0 Å². The van der Waals surface area contributed by atoms with Crippen LogP contribution in [0.15, 0.2) is 42.6 Å². The number of pyridine rings is 1. The van der Waals surface area contributed by atoms with Crippen LogP contribution in [0.25, 0.3) is 0 Å². The third-order valence-corrected chi connectivity index (χ3v) is 3.31. The van der Waals surface area contributed by atoms with E-state index in [9.17, 15) is 0 Å². The number of aryl methyl sites for hydroxylation is 1. The van der Waals surface area contributed by atoms with Crippen LogP contribution in [-0.4, -0.2) is 11.5 Å². The average molecular weight is 255 g/mol. The van der Waals surface area contributed by atoms with Crippen LogP contribution in [0.1, 0.15) is 23.6 Å². The van der Waals surface area contributed by atoms with Gasteiger partial charge in [-0.2, -0.15) is 0 Å². The van der Waals surface area contributed by atoms with Gasteiger partial charge in [0.1, 0.15) is 5.82 Å². The highest BCUT2D eigenvalue weighted by Gasteiger charge is 2.09. The molecule has 2 aromatic rings. The van der Waals surface area contributed by atoms with E-state index in [4.69, 9.17) is 5.73 Å². The molecule has 3 nitrogen and oxygen atoms in total. The minimum Gasteiger partial charge on any atom is -0.353 e. The van der Waals surface area contributed by atoms with Crippen molar-refractivity contribution >= 4 is 5.82 Å². The lowest BCUT2D eigenvalue weighted by molar-refractivity contribution is 0.802. The summed E-state index contributed by atoms with van der Waals surface area (Å²) in [6, 6.07) is 12.5. The second-order valence-corrected chi connectivity index (χ2v) is 4.68. The minimum atomic E-state index is 0.578. The fourth-order valence-electron chi connectivity index (χ4n) is 2.16. The molecule has 0 bridgehead atoms. The summed E-state index contributed by atoms with van der Waals surface area (Å²) in [4.78, 5) is 6.72.